The van der Waals surface area contributed by atoms with E-state index in [0.29, 0.717) is 0 Å². The van der Waals surface area contributed by atoms with Crippen molar-refractivity contribution in [3.05, 3.63) is 85.3 Å². The molecule has 0 N–H and O–H groups in total. The zero-order chi connectivity index (χ0) is 20.2. The molecule has 0 aliphatic carbocycles. The number of aromatic nitrogens is 4. The van der Waals surface area contributed by atoms with Crippen molar-refractivity contribution in [1.82, 2.24) is 19.9 Å². The summed E-state index contributed by atoms with van der Waals surface area (Å²) in [6.45, 7) is 3.59. The Hall–Kier alpha value is -3.80. The summed E-state index contributed by atoms with van der Waals surface area (Å²) in [6, 6.07) is 22.3. The highest BCUT2D eigenvalue weighted by Crippen LogP contribution is 2.27. The first-order valence-corrected chi connectivity index (χ1v) is 10.1. The van der Waals surface area contributed by atoms with Crippen LogP contribution in [0.1, 0.15) is 0 Å². The lowest BCUT2D eigenvalue weighted by Crippen LogP contribution is -2.47. The van der Waals surface area contributed by atoms with Crippen LogP contribution in [0.2, 0.25) is 0 Å². The number of hydrogen-bond donors (Lipinski definition) is 0. The van der Waals surface area contributed by atoms with Gasteiger partial charge in [-0.15, -0.1) is 0 Å². The minimum absolute atomic E-state index is 0.723. The van der Waals surface area contributed by atoms with Crippen LogP contribution in [0.3, 0.4) is 0 Å². The van der Waals surface area contributed by atoms with E-state index < -0.39 is 0 Å². The third-order valence-electron chi connectivity index (χ3n) is 5.30. The molecule has 4 heterocycles. The first-order valence-electron chi connectivity index (χ1n) is 10.1. The first-order chi connectivity index (χ1) is 14.9. The van der Waals surface area contributed by atoms with Crippen molar-refractivity contribution >= 4 is 11.6 Å². The average molecular weight is 394 g/mol. The van der Waals surface area contributed by atoms with E-state index in [-0.39, 0.29) is 0 Å². The fraction of sp³-hybridized carbons (Fsp3) is 0.167. The highest BCUT2D eigenvalue weighted by atomic mass is 15.3. The first kappa shape index (κ1) is 18.2. The lowest BCUT2D eigenvalue weighted by atomic mass is 10.1. The highest BCUT2D eigenvalue weighted by Gasteiger charge is 2.20. The van der Waals surface area contributed by atoms with Gasteiger partial charge in [0.25, 0.3) is 0 Å². The summed E-state index contributed by atoms with van der Waals surface area (Å²) >= 11 is 0. The molecule has 1 aliphatic rings. The van der Waals surface area contributed by atoms with E-state index in [1.54, 1.807) is 12.4 Å². The molecule has 0 radical (unpaired) electrons. The van der Waals surface area contributed by atoms with Gasteiger partial charge in [-0.2, -0.15) is 0 Å². The number of anilines is 2. The van der Waals surface area contributed by atoms with Crippen molar-refractivity contribution in [3.63, 3.8) is 0 Å². The predicted molar refractivity (Wildman–Crippen MR) is 119 cm³/mol. The van der Waals surface area contributed by atoms with Crippen LogP contribution in [0, 0.1) is 0 Å². The Morgan fingerprint density at radius 3 is 2.00 bits per heavy atom. The minimum Gasteiger partial charge on any atom is -0.353 e. The Labute approximate surface area is 175 Å². The van der Waals surface area contributed by atoms with Crippen LogP contribution in [-0.2, 0) is 0 Å². The Morgan fingerprint density at radius 2 is 1.30 bits per heavy atom. The molecule has 6 nitrogen and oxygen atoms in total. The Balaban J connectivity index is 1.46. The van der Waals surface area contributed by atoms with Gasteiger partial charge in [0.15, 0.2) is 5.82 Å². The van der Waals surface area contributed by atoms with Crippen LogP contribution < -0.4 is 9.80 Å². The monoisotopic (exact) mass is 394 g/mol. The van der Waals surface area contributed by atoms with Gasteiger partial charge in [0.1, 0.15) is 11.6 Å². The van der Waals surface area contributed by atoms with Crippen LogP contribution >= 0.6 is 0 Å². The molecule has 0 bridgehead atoms. The smallest absolute Gasteiger partial charge is 0.162 e. The van der Waals surface area contributed by atoms with Gasteiger partial charge in [0, 0.05) is 62.0 Å². The lowest BCUT2D eigenvalue weighted by Gasteiger charge is -2.36. The average Bonchev–Trinajstić information content (AvgIpc) is 2.85. The molecule has 0 spiro atoms. The predicted octanol–water partition coefficient (Wildman–Crippen LogP) is 3.93. The highest BCUT2D eigenvalue weighted by molar-refractivity contribution is 5.68. The van der Waals surface area contributed by atoms with E-state index in [1.165, 1.54) is 0 Å². The lowest BCUT2D eigenvalue weighted by molar-refractivity contribution is 0.641. The summed E-state index contributed by atoms with van der Waals surface area (Å²) < 4.78 is 0. The van der Waals surface area contributed by atoms with E-state index in [4.69, 9.17) is 9.97 Å². The van der Waals surface area contributed by atoms with Crippen LogP contribution in [0.5, 0.6) is 0 Å². The minimum atomic E-state index is 0.723. The van der Waals surface area contributed by atoms with E-state index in [0.717, 1.165) is 60.5 Å². The van der Waals surface area contributed by atoms with Crippen LogP contribution in [0.25, 0.3) is 22.6 Å². The van der Waals surface area contributed by atoms with Gasteiger partial charge in [-0.1, -0.05) is 36.4 Å². The molecule has 4 aromatic rings. The normalized spacial score (nSPS) is 14.0. The van der Waals surface area contributed by atoms with Crippen molar-refractivity contribution in [3.8, 4) is 22.6 Å². The maximum Gasteiger partial charge on any atom is 0.162 e. The van der Waals surface area contributed by atoms with Gasteiger partial charge in [-0.3, -0.25) is 4.98 Å². The molecule has 1 saturated heterocycles. The second kappa shape index (κ2) is 8.29. The number of rotatable bonds is 4. The topological polar surface area (TPSA) is 58.0 Å². The van der Waals surface area contributed by atoms with Crippen molar-refractivity contribution in [1.29, 1.82) is 0 Å². The van der Waals surface area contributed by atoms with E-state index in [9.17, 15) is 0 Å². The zero-order valence-corrected chi connectivity index (χ0v) is 16.6. The maximum atomic E-state index is 4.90. The fourth-order valence-corrected chi connectivity index (χ4v) is 3.69. The van der Waals surface area contributed by atoms with Gasteiger partial charge in [0.2, 0.25) is 0 Å². The summed E-state index contributed by atoms with van der Waals surface area (Å²) in [5, 5.41) is 0. The molecular formula is C24H22N6. The molecule has 0 unspecified atom stereocenters. The molecule has 0 atom stereocenters. The summed E-state index contributed by atoms with van der Waals surface area (Å²) in [5.74, 6) is 2.71. The third-order valence-corrected chi connectivity index (χ3v) is 5.30. The molecule has 0 saturated carbocycles. The summed E-state index contributed by atoms with van der Waals surface area (Å²) in [6.07, 6.45) is 5.40. The van der Waals surface area contributed by atoms with E-state index >= 15 is 0 Å². The number of pyridine rings is 2. The number of nitrogens with zero attached hydrogens (tertiary/aromatic N) is 6. The molecule has 6 heteroatoms. The van der Waals surface area contributed by atoms with Crippen molar-refractivity contribution in [2.75, 3.05) is 36.0 Å². The summed E-state index contributed by atoms with van der Waals surface area (Å²) in [4.78, 5) is 23.0. The van der Waals surface area contributed by atoms with Crippen molar-refractivity contribution in [2.45, 2.75) is 0 Å². The number of benzene rings is 1. The Kier molecular flexibility index (Phi) is 5.04. The van der Waals surface area contributed by atoms with E-state index in [2.05, 4.69) is 44.0 Å². The van der Waals surface area contributed by atoms with Crippen LogP contribution in [0.4, 0.5) is 11.6 Å². The summed E-state index contributed by atoms with van der Waals surface area (Å²) in [5.41, 5.74) is 2.99. The second-order valence-electron chi connectivity index (χ2n) is 7.20. The van der Waals surface area contributed by atoms with Gasteiger partial charge in [-0.05, 0) is 24.3 Å². The van der Waals surface area contributed by atoms with Crippen molar-refractivity contribution in [2.24, 2.45) is 0 Å². The molecule has 1 aliphatic heterocycles. The fourth-order valence-electron chi connectivity index (χ4n) is 3.69. The molecule has 5 rings (SSSR count). The zero-order valence-electron chi connectivity index (χ0n) is 16.6. The SMILES string of the molecule is c1ccc(-c2cc(N3CCN(c4ccccn4)CC3)nc(-c3ccncc3)n2)cc1. The van der Waals surface area contributed by atoms with Crippen LogP contribution in [-0.4, -0.2) is 46.1 Å². The largest absolute Gasteiger partial charge is 0.353 e. The van der Waals surface area contributed by atoms with Gasteiger partial charge < -0.3 is 9.80 Å². The number of hydrogen-bond acceptors (Lipinski definition) is 6. The molecular weight excluding hydrogens is 372 g/mol. The molecule has 1 aromatic carbocycles. The van der Waals surface area contributed by atoms with Gasteiger partial charge in [-0.25, -0.2) is 15.0 Å². The van der Waals surface area contributed by atoms with Gasteiger partial charge in [0.05, 0.1) is 5.69 Å². The summed E-state index contributed by atoms with van der Waals surface area (Å²) in [7, 11) is 0. The molecule has 148 valence electrons. The Morgan fingerprint density at radius 1 is 0.600 bits per heavy atom. The second-order valence-corrected chi connectivity index (χ2v) is 7.20. The third kappa shape index (κ3) is 3.85. The number of piperazine rings is 1. The van der Waals surface area contributed by atoms with E-state index in [1.807, 2.05) is 48.7 Å². The Bertz CT molecular complexity index is 1040. The molecule has 3 aromatic heterocycles. The molecule has 30 heavy (non-hydrogen) atoms. The molecule has 1 fully saturated rings. The maximum absolute atomic E-state index is 4.90. The van der Waals surface area contributed by atoms with Crippen LogP contribution in [0.15, 0.2) is 85.3 Å². The quantitative estimate of drug-likeness (QED) is 0.523. The molecule has 0 amide bonds. The van der Waals surface area contributed by atoms with Gasteiger partial charge >= 0.3 is 0 Å². The standard InChI is InChI=1S/C24H22N6/c1-2-6-19(7-3-1)21-18-23(28-24(27-21)20-9-12-25-13-10-20)30-16-14-29(15-17-30)22-8-4-5-11-26-22/h1-13,18H,14-17H2. The van der Waals surface area contributed by atoms with Crippen molar-refractivity contribution < 1.29 is 0 Å².